The maximum Gasteiger partial charge on any atom is 0.281 e. The maximum atomic E-state index is 12.4. The van der Waals surface area contributed by atoms with Crippen LogP contribution >= 0.6 is 11.6 Å². The fourth-order valence-electron chi connectivity index (χ4n) is 2.18. The van der Waals surface area contributed by atoms with Gasteiger partial charge in [-0.05, 0) is 12.1 Å². The highest BCUT2D eigenvalue weighted by Gasteiger charge is 2.42. The van der Waals surface area contributed by atoms with E-state index >= 15 is 0 Å². The van der Waals surface area contributed by atoms with Crippen molar-refractivity contribution in [1.82, 2.24) is 0 Å². The molecular weight excluding hydrogens is 312 g/mol. The van der Waals surface area contributed by atoms with Crippen LogP contribution in [0.1, 0.15) is 17.3 Å². The minimum absolute atomic E-state index is 0.0824. The number of nitriles is 1. The average molecular weight is 323 g/mol. The van der Waals surface area contributed by atoms with Gasteiger partial charge in [0.15, 0.2) is 17.5 Å². The first-order chi connectivity index (χ1) is 10.4. The first-order valence-corrected chi connectivity index (χ1v) is 6.77. The molecule has 1 heterocycles. The summed E-state index contributed by atoms with van der Waals surface area (Å²) >= 11 is 5.68. The smallest absolute Gasteiger partial charge is 0.281 e. The van der Waals surface area contributed by atoms with Crippen LogP contribution in [0.4, 0.5) is 5.69 Å². The highest BCUT2D eigenvalue weighted by molar-refractivity contribution is 6.31. The first-order valence-electron chi connectivity index (χ1n) is 6.40. The molecule has 0 bridgehead atoms. The van der Waals surface area contributed by atoms with Crippen molar-refractivity contribution in [2.24, 2.45) is 11.8 Å². The third-order valence-electron chi connectivity index (χ3n) is 3.43. The summed E-state index contributed by atoms with van der Waals surface area (Å²) in [7, 11) is 0. The second-order valence-corrected chi connectivity index (χ2v) is 5.41. The molecule has 1 aromatic carbocycles. The molecule has 0 aliphatic carbocycles. The van der Waals surface area contributed by atoms with Crippen LogP contribution in [0, 0.1) is 33.3 Å². The topological polar surface area (TPSA) is 110 Å². The van der Waals surface area contributed by atoms with Crippen molar-refractivity contribution >= 4 is 28.9 Å². The van der Waals surface area contributed by atoms with Crippen molar-refractivity contribution < 1.29 is 19.2 Å². The van der Waals surface area contributed by atoms with Crippen LogP contribution in [0.15, 0.2) is 18.2 Å². The number of halogens is 1. The summed E-state index contributed by atoms with van der Waals surface area (Å²) in [5, 5.41) is 20.2. The molecule has 1 aliphatic rings. The summed E-state index contributed by atoms with van der Waals surface area (Å²) in [4.78, 5) is 34.8. The molecule has 0 radical (unpaired) electrons. The Balaban J connectivity index is 2.35. The van der Waals surface area contributed by atoms with Gasteiger partial charge in [0.1, 0.15) is 6.10 Å². The summed E-state index contributed by atoms with van der Waals surface area (Å²) in [6, 6.07) is 5.07. The van der Waals surface area contributed by atoms with Gasteiger partial charge in [0, 0.05) is 17.0 Å². The van der Waals surface area contributed by atoms with Crippen molar-refractivity contribution in [3.8, 4) is 6.07 Å². The molecule has 3 atom stereocenters. The van der Waals surface area contributed by atoms with Crippen molar-refractivity contribution in [1.29, 1.82) is 5.26 Å². The number of nitrogens with zero attached hydrogens (tertiary/aromatic N) is 2. The van der Waals surface area contributed by atoms with E-state index in [1.807, 2.05) is 0 Å². The molecule has 0 saturated carbocycles. The number of ketones is 2. The zero-order valence-corrected chi connectivity index (χ0v) is 12.2. The Kier molecular flexibility index (Phi) is 4.54. The molecule has 0 N–H and O–H groups in total. The molecular formula is C14H11ClN2O5. The molecule has 1 saturated heterocycles. The van der Waals surface area contributed by atoms with Crippen molar-refractivity contribution in [2.75, 3.05) is 6.61 Å². The molecule has 1 aromatic rings. The zero-order chi connectivity index (χ0) is 16.4. The van der Waals surface area contributed by atoms with Gasteiger partial charge in [0.25, 0.3) is 5.69 Å². The lowest BCUT2D eigenvalue weighted by molar-refractivity contribution is -0.385. The second kappa shape index (κ2) is 6.22. The van der Waals surface area contributed by atoms with E-state index in [0.717, 1.165) is 12.1 Å². The summed E-state index contributed by atoms with van der Waals surface area (Å²) < 4.78 is 5.06. The van der Waals surface area contributed by atoms with Gasteiger partial charge in [-0.1, -0.05) is 18.5 Å². The van der Waals surface area contributed by atoms with E-state index < -0.39 is 34.2 Å². The molecule has 0 spiro atoms. The Labute approximate surface area is 130 Å². The molecule has 0 amide bonds. The molecule has 2 rings (SSSR count). The zero-order valence-electron chi connectivity index (χ0n) is 11.5. The quantitative estimate of drug-likeness (QED) is 0.355. The van der Waals surface area contributed by atoms with Crippen LogP contribution in [0.5, 0.6) is 0 Å². The molecule has 3 unspecified atom stereocenters. The lowest BCUT2D eigenvalue weighted by Gasteiger charge is -2.33. The largest absolute Gasteiger partial charge is 0.370 e. The summed E-state index contributed by atoms with van der Waals surface area (Å²) in [6.45, 7) is 2.14. The van der Waals surface area contributed by atoms with Gasteiger partial charge >= 0.3 is 0 Å². The summed E-state index contributed by atoms with van der Waals surface area (Å²) in [6.07, 6.45) is -0.819. The minimum Gasteiger partial charge on any atom is -0.370 e. The first kappa shape index (κ1) is 16.1. The number of ether oxygens (including phenoxy) is 1. The third kappa shape index (κ3) is 2.84. The number of carbonyl (C=O) groups is 2. The summed E-state index contributed by atoms with van der Waals surface area (Å²) in [5.41, 5.74) is -0.852. The van der Waals surface area contributed by atoms with Crippen molar-refractivity contribution in [3.05, 3.63) is 38.9 Å². The SMILES string of the molecule is CC1COC1C(=O)C(C#N)C(=O)c1ccc(Cl)cc1[N+](=O)[O-]. The van der Waals surface area contributed by atoms with Crippen LogP contribution < -0.4 is 0 Å². The number of rotatable bonds is 5. The van der Waals surface area contributed by atoms with Crippen LogP contribution in [0.3, 0.4) is 0 Å². The highest BCUT2D eigenvalue weighted by Crippen LogP contribution is 2.28. The van der Waals surface area contributed by atoms with Gasteiger partial charge in [-0.2, -0.15) is 5.26 Å². The molecule has 7 nitrogen and oxygen atoms in total. The standard InChI is InChI=1S/C14H11ClN2O5/c1-7-6-22-14(7)13(19)10(5-16)12(18)9-3-2-8(15)4-11(9)17(20)21/h2-4,7,10,14H,6H2,1H3. The van der Waals surface area contributed by atoms with Gasteiger partial charge in [-0.25, -0.2) is 0 Å². The number of nitro benzene ring substituents is 1. The van der Waals surface area contributed by atoms with Crippen LogP contribution in [-0.2, 0) is 9.53 Å². The summed E-state index contributed by atoms with van der Waals surface area (Å²) in [5.74, 6) is -3.31. The van der Waals surface area contributed by atoms with E-state index in [1.165, 1.54) is 6.07 Å². The molecule has 1 aliphatic heterocycles. The van der Waals surface area contributed by atoms with Crippen LogP contribution in [0.2, 0.25) is 5.02 Å². The molecule has 8 heteroatoms. The minimum atomic E-state index is -1.63. The number of nitro groups is 1. The second-order valence-electron chi connectivity index (χ2n) is 4.98. The van der Waals surface area contributed by atoms with Crippen LogP contribution in [-0.4, -0.2) is 29.2 Å². The van der Waals surface area contributed by atoms with Gasteiger partial charge in [-0.15, -0.1) is 0 Å². The number of Topliss-reactive ketones (excluding diaryl/α,β-unsaturated/α-hetero) is 2. The molecule has 1 fully saturated rings. The highest BCUT2D eigenvalue weighted by atomic mass is 35.5. The van der Waals surface area contributed by atoms with Crippen molar-refractivity contribution in [2.45, 2.75) is 13.0 Å². The lowest BCUT2D eigenvalue weighted by atomic mass is 9.85. The Hall–Kier alpha value is -2.30. The Bertz CT molecular complexity index is 697. The number of carbonyl (C=O) groups excluding carboxylic acids is 2. The predicted octanol–water partition coefficient (Wildman–Crippen LogP) is 2.17. The maximum absolute atomic E-state index is 12.4. The lowest BCUT2D eigenvalue weighted by Crippen LogP contribution is -2.47. The Morgan fingerprint density at radius 3 is 2.68 bits per heavy atom. The molecule has 22 heavy (non-hydrogen) atoms. The predicted molar refractivity (Wildman–Crippen MR) is 75.5 cm³/mol. The molecule has 0 aromatic heterocycles. The van der Waals surface area contributed by atoms with Crippen LogP contribution in [0.25, 0.3) is 0 Å². The average Bonchev–Trinajstić information content (AvgIpc) is 2.46. The molecule has 114 valence electrons. The monoisotopic (exact) mass is 322 g/mol. The van der Waals surface area contributed by atoms with E-state index in [4.69, 9.17) is 21.6 Å². The Morgan fingerprint density at radius 1 is 1.55 bits per heavy atom. The van der Waals surface area contributed by atoms with Gasteiger partial charge in [-0.3, -0.25) is 19.7 Å². The van der Waals surface area contributed by atoms with E-state index in [1.54, 1.807) is 13.0 Å². The number of benzene rings is 1. The Morgan fingerprint density at radius 2 is 2.23 bits per heavy atom. The fourth-order valence-corrected chi connectivity index (χ4v) is 2.35. The third-order valence-corrected chi connectivity index (χ3v) is 3.67. The van der Waals surface area contributed by atoms with E-state index in [0.29, 0.717) is 6.61 Å². The van der Waals surface area contributed by atoms with E-state index in [9.17, 15) is 19.7 Å². The number of hydrogen-bond donors (Lipinski definition) is 0. The van der Waals surface area contributed by atoms with Gasteiger partial charge < -0.3 is 4.74 Å². The number of hydrogen-bond acceptors (Lipinski definition) is 6. The van der Waals surface area contributed by atoms with E-state index in [2.05, 4.69) is 0 Å². The van der Waals surface area contributed by atoms with E-state index in [-0.39, 0.29) is 16.5 Å². The fraction of sp³-hybridized carbons (Fsp3) is 0.357. The van der Waals surface area contributed by atoms with Crippen molar-refractivity contribution in [3.63, 3.8) is 0 Å². The van der Waals surface area contributed by atoms with Gasteiger partial charge in [0.2, 0.25) is 0 Å². The van der Waals surface area contributed by atoms with Gasteiger partial charge in [0.05, 0.1) is 23.2 Å². The normalized spacial score (nSPS) is 21.3.